The zero-order valence-electron chi connectivity index (χ0n) is 15.6. The summed E-state index contributed by atoms with van der Waals surface area (Å²) in [5.74, 6) is -0.978. The second-order valence-electron chi connectivity index (χ2n) is 6.52. The van der Waals surface area contributed by atoms with Crippen molar-refractivity contribution >= 4 is 15.9 Å². The van der Waals surface area contributed by atoms with Gasteiger partial charge in [-0.25, -0.2) is 12.8 Å². The minimum atomic E-state index is -4.00. The monoisotopic (exact) mass is 412 g/mol. The van der Waals surface area contributed by atoms with Crippen molar-refractivity contribution in [3.05, 3.63) is 102 Å². The molecule has 0 spiro atoms. The lowest BCUT2D eigenvalue weighted by molar-refractivity contribution is -0.122. The van der Waals surface area contributed by atoms with Crippen LogP contribution in [0.4, 0.5) is 4.39 Å². The zero-order valence-corrected chi connectivity index (χ0v) is 16.4. The predicted molar refractivity (Wildman–Crippen MR) is 109 cm³/mol. The standard InChI is InChI=1S/C22H21FN2O3S/c23-19-11-13-20(14-12-19)29(27,28)25-21(15-17-7-3-1-4-8-17)22(26)24-16-18-9-5-2-6-10-18/h1-14,21,25H,15-16H2,(H,24,26)/t21-/m0/s1. The molecule has 7 heteroatoms. The van der Waals surface area contributed by atoms with Gasteiger partial charge in [0.15, 0.2) is 0 Å². The van der Waals surface area contributed by atoms with Gasteiger partial charge >= 0.3 is 0 Å². The summed E-state index contributed by atoms with van der Waals surface area (Å²) >= 11 is 0. The maximum absolute atomic E-state index is 13.1. The summed E-state index contributed by atoms with van der Waals surface area (Å²) in [6.07, 6.45) is 0.182. The number of carbonyl (C=O) groups excluding carboxylic acids is 1. The SMILES string of the molecule is O=C(NCc1ccccc1)[C@H](Cc1ccccc1)NS(=O)(=O)c1ccc(F)cc1. The molecule has 5 nitrogen and oxygen atoms in total. The quantitative estimate of drug-likeness (QED) is 0.597. The lowest BCUT2D eigenvalue weighted by atomic mass is 10.1. The second-order valence-corrected chi connectivity index (χ2v) is 8.23. The van der Waals surface area contributed by atoms with Gasteiger partial charge in [-0.05, 0) is 41.8 Å². The third kappa shape index (κ3) is 5.97. The van der Waals surface area contributed by atoms with E-state index < -0.39 is 27.8 Å². The van der Waals surface area contributed by atoms with Crippen LogP contribution in [0.25, 0.3) is 0 Å². The van der Waals surface area contributed by atoms with Crippen LogP contribution in [-0.4, -0.2) is 20.4 Å². The average Bonchev–Trinajstić information content (AvgIpc) is 2.73. The van der Waals surface area contributed by atoms with Crippen LogP contribution in [-0.2, 0) is 27.8 Å². The molecule has 0 heterocycles. The van der Waals surface area contributed by atoms with E-state index in [2.05, 4.69) is 10.0 Å². The van der Waals surface area contributed by atoms with E-state index in [1.165, 1.54) is 12.1 Å². The molecule has 0 radical (unpaired) electrons. The number of carbonyl (C=O) groups is 1. The van der Waals surface area contributed by atoms with Gasteiger partial charge in [-0.3, -0.25) is 4.79 Å². The molecule has 0 aliphatic carbocycles. The summed E-state index contributed by atoms with van der Waals surface area (Å²) < 4.78 is 41.0. The van der Waals surface area contributed by atoms with E-state index in [0.29, 0.717) is 0 Å². The van der Waals surface area contributed by atoms with Crippen molar-refractivity contribution in [3.63, 3.8) is 0 Å². The lowest BCUT2D eigenvalue weighted by Crippen LogP contribution is -2.47. The first-order chi connectivity index (χ1) is 13.9. The topological polar surface area (TPSA) is 75.3 Å². The fraction of sp³-hybridized carbons (Fsp3) is 0.136. The minimum Gasteiger partial charge on any atom is -0.351 e. The number of rotatable bonds is 8. The van der Waals surface area contributed by atoms with Gasteiger partial charge in [-0.15, -0.1) is 0 Å². The van der Waals surface area contributed by atoms with Gasteiger partial charge in [0.25, 0.3) is 0 Å². The first-order valence-electron chi connectivity index (χ1n) is 9.07. The van der Waals surface area contributed by atoms with Crippen LogP contribution in [0, 0.1) is 5.82 Å². The Kier molecular flexibility index (Phi) is 6.74. The molecule has 3 rings (SSSR count). The normalized spacial score (nSPS) is 12.3. The van der Waals surface area contributed by atoms with Crippen LogP contribution in [0.1, 0.15) is 11.1 Å². The van der Waals surface area contributed by atoms with Crippen LogP contribution in [0.2, 0.25) is 0 Å². The third-order valence-electron chi connectivity index (χ3n) is 4.33. The van der Waals surface area contributed by atoms with Gasteiger partial charge in [-0.2, -0.15) is 4.72 Å². The van der Waals surface area contributed by atoms with E-state index in [1.54, 1.807) is 0 Å². The first kappa shape index (κ1) is 20.7. The highest BCUT2D eigenvalue weighted by atomic mass is 32.2. The molecule has 3 aromatic rings. The first-order valence-corrected chi connectivity index (χ1v) is 10.6. The van der Waals surface area contributed by atoms with E-state index in [-0.39, 0.29) is 17.9 Å². The molecule has 0 saturated heterocycles. The summed E-state index contributed by atoms with van der Waals surface area (Å²) in [4.78, 5) is 12.7. The summed E-state index contributed by atoms with van der Waals surface area (Å²) in [6, 6.07) is 21.9. The Morgan fingerprint density at radius 3 is 1.97 bits per heavy atom. The van der Waals surface area contributed by atoms with E-state index >= 15 is 0 Å². The highest BCUT2D eigenvalue weighted by Gasteiger charge is 2.26. The number of amides is 1. The Morgan fingerprint density at radius 1 is 0.828 bits per heavy atom. The van der Waals surface area contributed by atoms with Crippen molar-refractivity contribution in [2.45, 2.75) is 23.9 Å². The Balaban J connectivity index is 1.78. The van der Waals surface area contributed by atoms with Gasteiger partial charge in [0, 0.05) is 6.54 Å². The van der Waals surface area contributed by atoms with Crippen molar-refractivity contribution < 1.29 is 17.6 Å². The molecular formula is C22H21FN2O3S. The molecule has 0 bridgehead atoms. The number of benzene rings is 3. The van der Waals surface area contributed by atoms with E-state index in [0.717, 1.165) is 23.3 Å². The molecule has 0 aliphatic rings. The van der Waals surface area contributed by atoms with E-state index in [1.807, 2.05) is 60.7 Å². The molecular weight excluding hydrogens is 391 g/mol. The number of hydrogen-bond donors (Lipinski definition) is 2. The summed E-state index contributed by atoms with van der Waals surface area (Å²) in [5.41, 5.74) is 1.72. The molecule has 0 unspecified atom stereocenters. The molecule has 150 valence electrons. The van der Waals surface area contributed by atoms with E-state index in [4.69, 9.17) is 0 Å². The highest BCUT2D eigenvalue weighted by molar-refractivity contribution is 7.89. The Labute approximate surface area is 169 Å². The van der Waals surface area contributed by atoms with Crippen LogP contribution < -0.4 is 10.0 Å². The minimum absolute atomic E-state index is 0.104. The summed E-state index contributed by atoms with van der Waals surface area (Å²) in [6.45, 7) is 0.281. The highest BCUT2D eigenvalue weighted by Crippen LogP contribution is 2.12. The Morgan fingerprint density at radius 2 is 1.38 bits per heavy atom. The molecule has 0 saturated carbocycles. The number of halogens is 1. The van der Waals surface area contributed by atoms with Crippen LogP contribution in [0.15, 0.2) is 89.8 Å². The fourth-order valence-corrected chi connectivity index (χ4v) is 4.01. The van der Waals surface area contributed by atoms with Gasteiger partial charge < -0.3 is 5.32 Å². The Hall–Kier alpha value is -3.03. The van der Waals surface area contributed by atoms with Crippen LogP contribution in [0.3, 0.4) is 0 Å². The third-order valence-corrected chi connectivity index (χ3v) is 5.82. The van der Waals surface area contributed by atoms with Crippen molar-refractivity contribution in [3.8, 4) is 0 Å². The molecule has 0 fully saturated rings. The number of hydrogen-bond acceptors (Lipinski definition) is 3. The molecule has 3 aromatic carbocycles. The molecule has 1 atom stereocenters. The predicted octanol–water partition coefficient (Wildman–Crippen LogP) is 3.03. The summed E-state index contributed by atoms with van der Waals surface area (Å²) in [5, 5.41) is 2.78. The average molecular weight is 412 g/mol. The second kappa shape index (κ2) is 9.45. The van der Waals surface area contributed by atoms with Crippen molar-refractivity contribution in [2.75, 3.05) is 0 Å². The summed E-state index contributed by atoms with van der Waals surface area (Å²) in [7, 11) is -4.00. The van der Waals surface area contributed by atoms with Crippen molar-refractivity contribution in [1.29, 1.82) is 0 Å². The smallest absolute Gasteiger partial charge is 0.241 e. The van der Waals surface area contributed by atoms with Crippen LogP contribution >= 0.6 is 0 Å². The van der Waals surface area contributed by atoms with Gasteiger partial charge in [-0.1, -0.05) is 60.7 Å². The molecule has 1 amide bonds. The number of nitrogens with one attached hydrogen (secondary N) is 2. The van der Waals surface area contributed by atoms with Crippen molar-refractivity contribution in [1.82, 2.24) is 10.0 Å². The van der Waals surface area contributed by atoms with Gasteiger partial charge in [0.2, 0.25) is 15.9 Å². The lowest BCUT2D eigenvalue weighted by Gasteiger charge is -2.19. The Bertz CT molecular complexity index is 1040. The largest absolute Gasteiger partial charge is 0.351 e. The molecule has 2 N–H and O–H groups in total. The maximum Gasteiger partial charge on any atom is 0.241 e. The molecule has 29 heavy (non-hydrogen) atoms. The zero-order chi connectivity index (χ0) is 20.7. The van der Waals surface area contributed by atoms with Gasteiger partial charge in [0.05, 0.1) is 4.90 Å². The fourth-order valence-electron chi connectivity index (χ4n) is 2.81. The number of sulfonamides is 1. The van der Waals surface area contributed by atoms with E-state index in [9.17, 15) is 17.6 Å². The molecule has 0 aliphatic heterocycles. The van der Waals surface area contributed by atoms with Crippen LogP contribution in [0.5, 0.6) is 0 Å². The van der Waals surface area contributed by atoms with Gasteiger partial charge in [0.1, 0.15) is 11.9 Å². The molecule has 0 aromatic heterocycles. The maximum atomic E-state index is 13.1. The van der Waals surface area contributed by atoms with Crippen molar-refractivity contribution in [2.24, 2.45) is 0 Å².